The molecule has 26 heavy (non-hydrogen) atoms. The number of rotatable bonds is 4. The molecule has 2 amide bonds. The Balaban J connectivity index is 1.65. The Kier molecular flexibility index (Phi) is 3.57. The van der Waals surface area contributed by atoms with Gasteiger partial charge in [-0.15, -0.1) is 11.3 Å². The molecule has 1 saturated heterocycles. The van der Waals surface area contributed by atoms with Crippen LogP contribution in [-0.4, -0.2) is 31.8 Å². The van der Waals surface area contributed by atoms with E-state index >= 15 is 0 Å². The second-order valence-electron chi connectivity index (χ2n) is 6.11. The van der Waals surface area contributed by atoms with Crippen molar-refractivity contribution < 1.29 is 9.59 Å². The SMILES string of the molecule is O=C1NC(=O)/C(=C\c2cnn3c(NC4CC4)cc(-c4cccs4)nc23)S1. The molecule has 2 N–H and O–H groups in total. The van der Waals surface area contributed by atoms with E-state index in [1.807, 2.05) is 23.6 Å². The lowest BCUT2D eigenvalue weighted by molar-refractivity contribution is -0.115. The summed E-state index contributed by atoms with van der Waals surface area (Å²) in [6.07, 6.45) is 5.63. The third-order valence-corrected chi connectivity index (χ3v) is 5.83. The Hall–Kier alpha value is -2.65. The highest BCUT2D eigenvalue weighted by Gasteiger charge is 2.26. The lowest BCUT2D eigenvalue weighted by atomic mass is 10.2. The zero-order valence-corrected chi connectivity index (χ0v) is 15.1. The number of fused-ring (bicyclic) bond motifs is 1. The minimum absolute atomic E-state index is 0.352. The van der Waals surface area contributed by atoms with Gasteiger partial charge in [-0.2, -0.15) is 9.61 Å². The number of imide groups is 1. The number of thioether (sulfide) groups is 1. The van der Waals surface area contributed by atoms with Crippen LogP contribution in [0.1, 0.15) is 18.4 Å². The van der Waals surface area contributed by atoms with Crippen molar-refractivity contribution in [2.45, 2.75) is 18.9 Å². The van der Waals surface area contributed by atoms with Crippen molar-refractivity contribution in [3.05, 3.63) is 40.2 Å². The third-order valence-electron chi connectivity index (χ3n) is 4.13. The fourth-order valence-corrected chi connectivity index (χ4v) is 4.09. The molecule has 4 heterocycles. The highest BCUT2D eigenvalue weighted by atomic mass is 32.2. The number of anilines is 1. The average molecular weight is 383 g/mol. The van der Waals surface area contributed by atoms with Gasteiger partial charge in [-0.1, -0.05) is 6.07 Å². The van der Waals surface area contributed by atoms with Crippen molar-refractivity contribution in [3.8, 4) is 10.6 Å². The highest BCUT2D eigenvalue weighted by molar-refractivity contribution is 8.18. The van der Waals surface area contributed by atoms with Gasteiger partial charge in [-0.25, -0.2) is 4.98 Å². The number of carbonyl (C=O) groups excluding carboxylic acids is 2. The van der Waals surface area contributed by atoms with Crippen molar-refractivity contribution in [3.63, 3.8) is 0 Å². The van der Waals surface area contributed by atoms with Gasteiger partial charge in [0.2, 0.25) is 0 Å². The molecule has 2 fully saturated rings. The first-order valence-corrected chi connectivity index (χ1v) is 9.81. The number of carbonyl (C=O) groups is 2. The number of aromatic nitrogens is 3. The van der Waals surface area contributed by atoms with Crippen LogP contribution in [0.25, 0.3) is 22.3 Å². The molecule has 2 aliphatic rings. The number of nitrogens with zero attached hydrogens (tertiary/aromatic N) is 3. The van der Waals surface area contributed by atoms with E-state index in [0.29, 0.717) is 22.2 Å². The predicted molar refractivity (Wildman–Crippen MR) is 102 cm³/mol. The Bertz CT molecular complexity index is 1070. The topological polar surface area (TPSA) is 88.4 Å². The molecule has 1 saturated carbocycles. The Labute approximate surface area is 156 Å². The smallest absolute Gasteiger partial charge is 0.290 e. The maximum Gasteiger partial charge on any atom is 0.290 e. The maximum atomic E-state index is 11.8. The number of thiophene rings is 1. The first-order chi connectivity index (χ1) is 12.7. The minimum Gasteiger partial charge on any atom is -0.367 e. The van der Waals surface area contributed by atoms with E-state index in [4.69, 9.17) is 4.98 Å². The summed E-state index contributed by atoms with van der Waals surface area (Å²) >= 11 is 2.51. The third kappa shape index (κ3) is 2.78. The van der Waals surface area contributed by atoms with Crippen molar-refractivity contribution >= 4 is 51.8 Å². The van der Waals surface area contributed by atoms with Gasteiger partial charge in [0.05, 0.1) is 21.7 Å². The van der Waals surface area contributed by atoms with Gasteiger partial charge in [0, 0.05) is 17.7 Å². The van der Waals surface area contributed by atoms with Crippen LogP contribution in [-0.2, 0) is 4.79 Å². The van der Waals surface area contributed by atoms with Crippen molar-refractivity contribution in [2.24, 2.45) is 0 Å². The van der Waals surface area contributed by atoms with E-state index in [-0.39, 0.29) is 11.1 Å². The van der Waals surface area contributed by atoms with Gasteiger partial charge in [0.25, 0.3) is 11.1 Å². The Morgan fingerprint density at radius 3 is 2.92 bits per heavy atom. The standard InChI is InChI=1S/C17H13N5O2S2/c23-16-13(26-17(24)21-16)6-9-8-18-22-14(19-10-3-4-10)7-11(20-15(9)22)12-2-1-5-25-12/h1-2,5-8,10,19H,3-4H2,(H,21,23,24)/b13-6+. The summed E-state index contributed by atoms with van der Waals surface area (Å²) in [5.74, 6) is 0.496. The van der Waals surface area contributed by atoms with Gasteiger partial charge in [-0.05, 0) is 42.1 Å². The van der Waals surface area contributed by atoms with Gasteiger partial charge in [0.15, 0.2) is 5.65 Å². The number of nitrogens with one attached hydrogen (secondary N) is 2. The fraction of sp³-hybridized carbons (Fsp3) is 0.176. The van der Waals surface area contributed by atoms with Gasteiger partial charge >= 0.3 is 0 Å². The van der Waals surface area contributed by atoms with Crippen molar-refractivity contribution in [2.75, 3.05) is 5.32 Å². The average Bonchev–Trinajstić information content (AvgIpc) is 3.01. The quantitative estimate of drug-likeness (QED) is 0.672. The van der Waals surface area contributed by atoms with Crippen LogP contribution in [0.4, 0.5) is 10.6 Å². The fourth-order valence-electron chi connectivity index (χ4n) is 2.73. The molecular weight excluding hydrogens is 370 g/mol. The van der Waals surface area contributed by atoms with E-state index < -0.39 is 0 Å². The lowest BCUT2D eigenvalue weighted by Crippen LogP contribution is -2.17. The van der Waals surface area contributed by atoms with Crippen LogP contribution in [0.3, 0.4) is 0 Å². The Morgan fingerprint density at radius 2 is 2.23 bits per heavy atom. The van der Waals surface area contributed by atoms with E-state index in [1.54, 1.807) is 28.1 Å². The van der Waals surface area contributed by atoms with Gasteiger partial charge in [-0.3, -0.25) is 14.9 Å². The molecule has 0 atom stereocenters. The molecule has 1 aliphatic heterocycles. The minimum atomic E-state index is -0.384. The summed E-state index contributed by atoms with van der Waals surface area (Å²) in [6, 6.07) is 6.49. The molecular formula is C17H13N5O2S2. The lowest BCUT2D eigenvalue weighted by Gasteiger charge is -2.09. The van der Waals surface area contributed by atoms with Crippen LogP contribution >= 0.6 is 23.1 Å². The zero-order chi connectivity index (χ0) is 17.7. The molecule has 0 radical (unpaired) electrons. The van der Waals surface area contributed by atoms with Gasteiger partial charge < -0.3 is 5.32 Å². The number of hydrogen-bond acceptors (Lipinski definition) is 7. The first kappa shape index (κ1) is 15.6. The van der Waals surface area contributed by atoms with Crippen LogP contribution in [0.5, 0.6) is 0 Å². The summed E-state index contributed by atoms with van der Waals surface area (Å²) < 4.78 is 1.75. The Morgan fingerprint density at radius 1 is 1.35 bits per heavy atom. The summed E-state index contributed by atoms with van der Waals surface area (Å²) in [4.78, 5) is 29.4. The summed E-state index contributed by atoms with van der Waals surface area (Å²) in [7, 11) is 0. The highest BCUT2D eigenvalue weighted by Crippen LogP contribution is 2.32. The van der Waals surface area contributed by atoms with Crippen LogP contribution in [0, 0.1) is 0 Å². The molecule has 7 nitrogen and oxygen atoms in total. The van der Waals surface area contributed by atoms with E-state index in [1.165, 1.54) is 0 Å². The zero-order valence-electron chi connectivity index (χ0n) is 13.4. The molecule has 3 aromatic heterocycles. The predicted octanol–water partition coefficient (Wildman–Crippen LogP) is 3.36. The molecule has 3 aromatic rings. The van der Waals surface area contributed by atoms with Crippen molar-refractivity contribution in [1.29, 1.82) is 0 Å². The largest absolute Gasteiger partial charge is 0.367 e. The molecule has 0 spiro atoms. The van der Waals surface area contributed by atoms with Crippen LogP contribution in [0.15, 0.2) is 34.7 Å². The first-order valence-electron chi connectivity index (χ1n) is 8.11. The molecule has 0 aromatic carbocycles. The van der Waals surface area contributed by atoms with E-state index in [0.717, 1.165) is 41.0 Å². The molecule has 9 heteroatoms. The summed E-state index contributed by atoms with van der Waals surface area (Å²) in [5, 5.41) is 11.8. The summed E-state index contributed by atoms with van der Waals surface area (Å²) in [6.45, 7) is 0. The second kappa shape index (κ2) is 5.96. The number of amides is 2. The maximum absolute atomic E-state index is 11.8. The van der Waals surface area contributed by atoms with E-state index in [9.17, 15) is 9.59 Å². The van der Waals surface area contributed by atoms with Crippen LogP contribution < -0.4 is 10.6 Å². The molecule has 5 rings (SSSR count). The molecule has 130 valence electrons. The van der Waals surface area contributed by atoms with Crippen LogP contribution in [0.2, 0.25) is 0 Å². The molecule has 0 bridgehead atoms. The second-order valence-corrected chi connectivity index (χ2v) is 8.07. The monoisotopic (exact) mass is 383 g/mol. The number of hydrogen-bond donors (Lipinski definition) is 2. The molecule has 0 unspecified atom stereocenters. The van der Waals surface area contributed by atoms with Crippen molar-refractivity contribution in [1.82, 2.24) is 19.9 Å². The normalized spacial score (nSPS) is 18.7. The molecule has 1 aliphatic carbocycles. The van der Waals surface area contributed by atoms with E-state index in [2.05, 4.69) is 15.7 Å². The van der Waals surface area contributed by atoms with Gasteiger partial charge in [0.1, 0.15) is 5.82 Å². The summed E-state index contributed by atoms with van der Waals surface area (Å²) in [5.41, 5.74) is 2.21.